The predicted molar refractivity (Wildman–Crippen MR) is 122 cm³/mol. The second-order valence-electron chi connectivity index (χ2n) is 8.23. The molecule has 174 valence electrons. The molecule has 3 heterocycles. The molecule has 1 aromatic heterocycles. The van der Waals surface area contributed by atoms with Gasteiger partial charge in [0, 0.05) is 54.0 Å². The molecule has 9 heteroatoms. The van der Waals surface area contributed by atoms with Crippen LogP contribution in [0.15, 0.2) is 67.0 Å². The van der Waals surface area contributed by atoms with E-state index in [1.54, 1.807) is 23.2 Å². The van der Waals surface area contributed by atoms with Gasteiger partial charge in [-0.3, -0.25) is 9.78 Å². The van der Waals surface area contributed by atoms with E-state index in [-0.39, 0.29) is 28.4 Å². The molecule has 2 aromatic carbocycles. The van der Waals surface area contributed by atoms with Gasteiger partial charge in [-0.1, -0.05) is 12.1 Å². The van der Waals surface area contributed by atoms with Gasteiger partial charge in [0.05, 0.1) is 16.8 Å². The first-order chi connectivity index (χ1) is 16.3. The minimum absolute atomic E-state index is 0.0171. The Balaban J connectivity index is 1.41. The predicted octanol–water partition coefficient (Wildman–Crippen LogP) is 5.64. The van der Waals surface area contributed by atoms with Gasteiger partial charge in [0.1, 0.15) is 5.82 Å². The Labute approximate surface area is 193 Å². The number of hydrogen-bond acceptors (Lipinski definition) is 4. The Kier molecular flexibility index (Phi) is 5.47. The van der Waals surface area contributed by atoms with Gasteiger partial charge < -0.3 is 15.5 Å². The fraction of sp³-hybridized carbons (Fsp3) is 0.200. The highest BCUT2D eigenvalue weighted by Crippen LogP contribution is 2.41. The first-order valence-corrected chi connectivity index (χ1v) is 10.8. The van der Waals surface area contributed by atoms with E-state index >= 15 is 0 Å². The van der Waals surface area contributed by atoms with Gasteiger partial charge in [0.25, 0.3) is 5.91 Å². The van der Waals surface area contributed by atoms with Crippen molar-refractivity contribution in [1.82, 2.24) is 4.98 Å². The number of rotatable bonds is 4. The lowest BCUT2D eigenvalue weighted by atomic mass is 10.0. The zero-order chi connectivity index (χ0) is 23.9. The third-order valence-electron chi connectivity index (χ3n) is 6.10. The molecular formula is C25H20F4N4O. The minimum atomic E-state index is -4.58. The number of carbonyl (C=O) groups excluding carboxylic acids is 1. The Morgan fingerprint density at radius 1 is 1.12 bits per heavy atom. The van der Waals surface area contributed by atoms with Crippen LogP contribution < -0.4 is 15.5 Å². The van der Waals surface area contributed by atoms with Gasteiger partial charge in [-0.15, -0.1) is 0 Å². The molecule has 0 saturated carbocycles. The molecule has 0 aliphatic carbocycles. The van der Waals surface area contributed by atoms with Crippen LogP contribution in [0.2, 0.25) is 0 Å². The molecule has 1 amide bonds. The normalized spacial score (nSPS) is 18.8. The van der Waals surface area contributed by atoms with E-state index in [2.05, 4.69) is 15.6 Å². The summed E-state index contributed by atoms with van der Waals surface area (Å²) in [5.41, 5.74) is 0.751. The van der Waals surface area contributed by atoms with Gasteiger partial charge in [-0.25, -0.2) is 4.39 Å². The first kappa shape index (κ1) is 21.9. The van der Waals surface area contributed by atoms with E-state index in [0.29, 0.717) is 25.2 Å². The smallest absolute Gasteiger partial charge is 0.370 e. The van der Waals surface area contributed by atoms with Crippen molar-refractivity contribution in [2.24, 2.45) is 0 Å². The van der Waals surface area contributed by atoms with Crippen molar-refractivity contribution in [1.29, 1.82) is 0 Å². The number of nitrogens with one attached hydrogen (secondary N) is 2. The van der Waals surface area contributed by atoms with E-state index < -0.39 is 23.5 Å². The van der Waals surface area contributed by atoms with E-state index in [1.165, 1.54) is 30.5 Å². The molecule has 0 bridgehead atoms. The lowest BCUT2D eigenvalue weighted by Crippen LogP contribution is -2.23. The maximum Gasteiger partial charge on any atom is 0.418 e. The first-order valence-electron chi connectivity index (χ1n) is 10.8. The monoisotopic (exact) mass is 468 g/mol. The number of alkyl halides is 3. The topological polar surface area (TPSA) is 57.3 Å². The number of aromatic nitrogens is 1. The van der Waals surface area contributed by atoms with Crippen LogP contribution in [0.25, 0.3) is 5.57 Å². The fourth-order valence-corrected chi connectivity index (χ4v) is 4.47. The van der Waals surface area contributed by atoms with Crippen molar-refractivity contribution in [3.63, 3.8) is 0 Å². The summed E-state index contributed by atoms with van der Waals surface area (Å²) < 4.78 is 56.1. The zero-order valence-electron chi connectivity index (χ0n) is 17.9. The van der Waals surface area contributed by atoms with Crippen molar-refractivity contribution in [2.75, 3.05) is 28.6 Å². The van der Waals surface area contributed by atoms with Crippen LogP contribution >= 0.6 is 0 Å². The zero-order valence-corrected chi connectivity index (χ0v) is 17.9. The molecule has 1 atom stereocenters. The summed E-state index contributed by atoms with van der Waals surface area (Å²) in [6.45, 7) is 0.921. The Hall–Kier alpha value is -3.88. The number of pyridine rings is 1. The number of anilines is 3. The van der Waals surface area contributed by atoms with E-state index in [0.717, 1.165) is 11.8 Å². The highest BCUT2D eigenvalue weighted by atomic mass is 19.4. The molecule has 3 aromatic rings. The fourth-order valence-electron chi connectivity index (χ4n) is 4.47. The lowest BCUT2D eigenvalue weighted by Gasteiger charge is -2.24. The Morgan fingerprint density at radius 2 is 1.97 bits per heavy atom. The van der Waals surface area contributed by atoms with Gasteiger partial charge in [-0.2, -0.15) is 13.2 Å². The third-order valence-corrected chi connectivity index (χ3v) is 6.10. The average Bonchev–Trinajstić information content (AvgIpc) is 3.43. The molecule has 5 nitrogen and oxygen atoms in total. The quantitative estimate of drug-likeness (QED) is 0.385. The standard InChI is InChI=1S/C25H20F4N4O/c26-19-4-3-6-21-23(19)17(24(34)32-21)13-31-16-7-8-22(18(12-16)25(27,28)29)33-11-9-15(14-33)20-5-1-2-10-30-20/h1-8,10,12-13,15,31H,9,11,14H2,(H,32,34). The van der Waals surface area contributed by atoms with Crippen molar-refractivity contribution < 1.29 is 22.4 Å². The maximum atomic E-state index is 14.2. The van der Waals surface area contributed by atoms with Gasteiger partial charge in [0.2, 0.25) is 0 Å². The summed E-state index contributed by atoms with van der Waals surface area (Å²) in [7, 11) is 0. The summed E-state index contributed by atoms with van der Waals surface area (Å²) in [5.74, 6) is -1.06. The van der Waals surface area contributed by atoms with Crippen LogP contribution in [0, 0.1) is 5.82 Å². The molecular weight excluding hydrogens is 448 g/mol. The molecule has 1 fully saturated rings. The molecule has 34 heavy (non-hydrogen) atoms. The van der Waals surface area contributed by atoms with E-state index in [1.807, 2.05) is 12.1 Å². The highest BCUT2D eigenvalue weighted by Gasteiger charge is 2.37. The second kappa shape index (κ2) is 8.48. The SMILES string of the molecule is O=C1Nc2cccc(F)c2C1=CNc1ccc(N2CCC(c3ccccn3)C2)c(C(F)(F)F)c1. The second-order valence-corrected chi connectivity index (χ2v) is 8.23. The molecule has 1 unspecified atom stereocenters. The molecule has 2 aliphatic rings. The number of hydrogen-bond donors (Lipinski definition) is 2. The average molecular weight is 468 g/mol. The van der Waals surface area contributed by atoms with E-state index in [9.17, 15) is 22.4 Å². The molecule has 2 aliphatic heterocycles. The molecule has 2 N–H and O–H groups in total. The van der Waals surface area contributed by atoms with Crippen molar-refractivity contribution >= 4 is 28.5 Å². The van der Waals surface area contributed by atoms with Crippen LogP contribution in [0.4, 0.5) is 34.6 Å². The Bertz CT molecular complexity index is 1270. The molecule has 5 rings (SSSR count). The van der Waals surface area contributed by atoms with Gasteiger partial charge >= 0.3 is 6.18 Å². The van der Waals surface area contributed by atoms with Crippen LogP contribution in [-0.2, 0) is 11.0 Å². The van der Waals surface area contributed by atoms with E-state index in [4.69, 9.17) is 0 Å². The largest absolute Gasteiger partial charge is 0.418 e. The number of nitrogens with zero attached hydrogens (tertiary/aromatic N) is 2. The van der Waals surface area contributed by atoms with Gasteiger partial charge in [0.15, 0.2) is 0 Å². The lowest BCUT2D eigenvalue weighted by molar-refractivity contribution is -0.137. The number of carbonyl (C=O) groups is 1. The molecule has 0 spiro atoms. The summed E-state index contributed by atoms with van der Waals surface area (Å²) in [6.07, 6.45) is -0.956. The summed E-state index contributed by atoms with van der Waals surface area (Å²) in [4.78, 5) is 18.3. The van der Waals surface area contributed by atoms with Crippen molar-refractivity contribution in [2.45, 2.75) is 18.5 Å². The third kappa shape index (κ3) is 4.09. The maximum absolute atomic E-state index is 14.2. The molecule has 0 radical (unpaired) electrons. The number of halogens is 4. The summed E-state index contributed by atoms with van der Waals surface area (Å²) >= 11 is 0. The summed E-state index contributed by atoms with van der Waals surface area (Å²) in [6, 6.07) is 13.8. The molecule has 1 saturated heterocycles. The van der Waals surface area contributed by atoms with Crippen LogP contribution in [-0.4, -0.2) is 24.0 Å². The van der Waals surface area contributed by atoms with Crippen LogP contribution in [0.3, 0.4) is 0 Å². The minimum Gasteiger partial charge on any atom is -0.370 e. The van der Waals surface area contributed by atoms with Crippen molar-refractivity contribution in [3.05, 3.63) is 89.6 Å². The highest BCUT2D eigenvalue weighted by molar-refractivity contribution is 6.31. The van der Waals surface area contributed by atoms with Crippen LogP contribution in [0.5, 0.6) is 0 Å². The summed E-state index contributed by atoms with van der Waals surface area (Å²) in [5, 5.41) is 5.28. The van der Waals surface area contributed by atoms with Crippen LogP contribution in [0.1, 0.15) is 29.2 Å². The van der Waals surface area contributed by atoms with Crippen molar-refractivity contribution in [3.8, 4) is 0 Å². The number of benzene rings is 2. The number of fused-ring (bicyclic) bond motifs is 1. The number of amides is 1. The van der Waals surface area contributed by atoms with Gasteiger partial charge in [-0.05, 0) is 48.9 Å². The Morgan fingerprint density at radius 3 is 2.74 bits per heavy atom.